The Morgan fingerprint density at radius 1 is 0.562 bits per heavy atom. The van der Waals surface area contributed by atoms with Crippen LogP contribution in [-0.2, 0) is 12.9 Å². The van der Waals surface area contributed by atoms with Crippen molar-refractivity contribution in [2.75, 3.05) is 0 Å². The third kappa shape index (κ3) is 2.86. The molecule has 0 unspecified atom stereocenters. The third-order valence-corrected chi connectivity index (χ3v) is 6.45. The lowest BCUT2D eigenvalue weighted by Gasteiger charge is -2.10. The summed E-state index contributed by atoms with van der Waals surface area (Å²) >= 11 is 0. The van der Waals surface area contributed by atoms with Gasteiger partial charge in [-0.2, -0.15) is 0 Å². The molecule has 0 amide bonds. The minimum Gasteiger partial charge on any atom is -0.350 e. The van der Waals surface area contributed by atoms with E-state index in [0.717, 1.165) is 16.6 Å². The van der Waals surface area contributed by atoms with Gasteiger partial charge >= 0.3 is 0 Å². The van der Waals surface area contributed by atoms with Crippen LogP contribution < -0.4 is 0 Å². The Balaban J connectivity index is 1.58. The van der Waals surface area contributed by atoms with E-state index in [4.69, 9.17) is 23.3 Å². The zero-order valence-corrected chi connectivity index (χ0v) is 17.7. The summed E-state index contributed by atoms with van der Waals surface area (Å²) in [6, 6.07) is 30.2. The number of hydrogen-bond acceptors (Lipinski definition) is 0. The lowest BCUT2D eigenvalue weighted by molar-refractivity contribution is 0.966. The molecule has 6 rings (SSSR count). The van der Waals surface area contributed by atoms with Gasteiger partial charge < -0.3 is 9.13 Å². The highest BCUT2D eigenvalue weighted by molar-refractivity contribution is 7.28. The largest absolute Gasteiger partial charge is 0.350 e. The normalized spacial score (nSPS) is 11.8. The maximum absolute atomic E-state index is 6.07. The fourth-order valence-corrected chi connectivity index (χ4v) is 5.07. The van der Waals surface area contributed by atoms with Crippen molar-refractivity contribution in [3.8, 4) is 11.1 Å². The highest BCUT2D eigenvalue weighted by Gasteiger charge is 2.14. The molecule has 0 N–H and O–H groups in total. The Hall–Kier alpha value is -3.26. The van der Waals surface area contributed by atoms with Gasteiger partial charge in [-0.1, -0.05) is 48.5 Å². The second-order valence-electron chi connectivity index (χ2n) is 8.38. The minimum atomic E-state index is -0.407. The number of fused-ring (bicyclic) bond motifs is 6. The molecule has 0 fully saturated rings. The lowest BCUT2D eigenvalue weighted by atomic mass is 9.19. The van der Waals surface area contributed by atoms with Crippen LogP contribution in [0.15, 0.2) is 84.9 Å². The van der Waals surface area contributed by atoms with Gasteiger partial charge in [-0.3, -0.25) is 0 Å². The second-order valence-corrected chi connectivity index (χ2v) is 8.38. The molecule has 0 saturated heterocycles. The van der Waals surface area contributed by atoms with Crippen molar-refractivity contribution < 1.29 is 0 Å². The first-order valence-corrected chi connectivity index (χ1v) is 10.9. The van der Waals surface area contributed by atoms with Gasteiger partial charge in [0.25, 0.3) is 0 Å². The summed E-state index contributed by atoms with van der Waals surface area (Å²) in [5.74, 6) is 0. The maximum Gasteiger partial charge on any atom is 0.0948 e. The summed E-state index contributed by atoms with van der Waals surface area (Å²) < 4.78 is 4.39. The molecule has 2 heterocycles. The molecule has 32 heavy (non-hydrogen) atoms. The van der Waals surface area contributed by atoms with Crippen molar-refractivity contribution in [3.63, 3.8) is 0 Å². The summed E-state index contributed by atoms with van der Waals surface area (Å²) in [6.45, 7) is -0.407. The fourth-order valence-electron chi connectivity index (χ4n) is 5.07. The van der Waals surface area contributed by atoms with E-state index < -0.39 is 6.49 Å². The number of para-hydroxylation sites is 2. The zero-order valence-electron chi connectivity index (χ0n) is 17.7. The average molecular weight is 402 g/mol. The number of hydrogen-bond donors (Lipinski definition) is 0. The van der Waals surface area contributed by atoms with Crippen LogP contribution in [0.4, 0.5) is 0 Å². The van der Waals surface area contributed by atoms with Crippen molar-refractivity contribution in [2.24, 2.45) is 0 Å². The van der Waals surface area contributed by atoms with Crippen LogP contribution in [0.3, 0.4) is 0 Å². The summed E-state index contributed by atoms with van der Waals surface area (Å²) in [6.07, 6.45) is 1.03. The molecule has 0 atom stereocenters. The van der Waals surface area contributed by atoms with Gasteiger partial charge in [-0.25, -0.2) is 0 Å². The average Bonchev–Trinajstić information content (AvgIpc) is 3.31. The van der Waals surface area contributed by atoms with Crippen molar-refractivity contribution in [1.29, 1.82) is 0 Å². The van der Waals surface area contributed by atoms with E-state index >= 15 is 0 Å². The predicted molar refractivity (Wildman–Crippen MR) is 141 cm³/mol. The Morgan fingerprint density at radius 2 is 1.03 bits per heavy atom. The van der Waals surface area contributed by atoms with Crippen LogP contribution in [0.2, 0.25) is 0 Å². The molecule has 6 aromatic rings. The molecule has 0 aliphatic rings. The number of benzene rings is 4. The molecule has 0 saturated carbocycles. The van der Waals surface area contributed by atoms with Crippen LogP contribution in [-0.4, -0.2) is 38.9 Å². The van der Waals surface area contributed by atoms with E-state index in [-0.39, 0.29) is 0 Å². The van der Waals surface area contributed by atoms with Gasteiger partial charge in [0, 0.05) is 59.1 Å². The van der Waals surface area contributed by atoms with Gasteiger partial charge in [0.2, 0.25) is 0 Å². The molecule has 4 aromatic carbocycles. The lowest BCUT2D eigenvalue weighted by Crippen LogP contribution is -2.22. The molecular weight excluding hydrogens is 384 g/mol. The van der Waals surface area contributed by atoms with Gasteiger partial charge in [0.15, 0.2) is 0 Å². The summed E-state index contributed by atoms with van der Waals surface area (Å²) in [5.41, 5.74) is 7.00. The van der Waals surface area contributed by atoms with Crippen LogP contribution in [0.1, 0.15) is 0 Å². The predicted octanol–water partition coefficient (Wildman–Crippen LogP) is 5.06. The summed E-state index contributed by atoms with van der Waals surface area (Å²) in [5, 5.41) is 4.87. The van der Waals surface area contributed by atoms with Crippen molar-refractivity contribution in [3.05, 3.63) is 84.9 Å². The van der Waals surface area contributed by atoms with Crippen molar-refractivity contribution >= 4 is 73.4 Å². The van der Waals surface area contributed by atoms with Gasteiger partial charge in [0.1, 0.15) is 0 Å². The zero-order chi connectivity index (χ0) is 21.8. The molecule has 0 aliphatic heterocycles. The van der Waals surface area contributed by atoms with E-state index in [1.54, 1.807) is 0 Å². The molecule has 2 aromatic heterocycles. The van der Waals surface area contributed by atoms with Crippen LogP contribution in [0, 0.1) is 0 Å². The molecular formula is C26H18B4N2. The van der Waals surface area contributed by atoms with E-state index in [0.29, 0.717) is 12.9 Å². The first kappa shape index (κ1) is 19.4. The molecule has 0 bridgehead atoms. The second kappa shape index (κ2) is 7.41. The maximum atomic E-state index is 6.07. The number of aromatic nitrogens is 2. The molecule has 144 valence electrons. The van der Waals surface area contributed by atoms with Crippen LogP contribution in [0.25, 0.3) is 54.7 Å². The molecule has 6 radical (unpaired) electrons. The molecule has 0 spiro atoms. The molecule has 2 nitrogen and oxygen atoms in total. The van der Waals surface area contributed by atoms with Gasteiger partial charge in [0.05, 0.1) is 14.3 Å². The molecule has 6 heteroatoms. The quantitative estimate of drug-likeness (QED) is 0.365. The Morgan fingerprint density at radius 3 is 1.56 bits per heavy atom. The van der Waals surface area contributed by atoms with E-state index in [1.165, 1.54) is 38.2 Å². The first-order valence-electron chi connectivity index (χ1n) is 10.9. The highest BCUT2D eigenvalue weighted by atomic mass is 15.0. The van der Waals surface area contributed by atoms with Gasteiger partial charge in [-0.15, -0.1) is 0 Å². The summed E-state index contributed by atoms with van der Waals surface area (Å²) in [4.78, 5) is 0. The Labute approximate surface area is 191 Å². The molecule has 0 aliphatic carbocycles. The fraction of sp³-hybridized carbons (Fsp3) is 0.0769. The third-order valence-electron chi connectivity index (χ3n) is 6.45. The van der Waals surface area contributed by atoms with Crippen LogP contribution in [0.5, 0.6) is 0 Å². The number of rotatable bonds is 4. The van der Waals surface area contributed by atoms with Gasteiger partial charge in [-0.05, 0) is 60.4 Å². The van der Waals surface area contributed by atoms with Crippen molar-refractivity contribution in [1.82, 2.24) is 9.13 Å². The SMILES string of the molecule is [B]Cn1c2ccccc2c2cc(-c3ccc4c(c3)c3ccccc3n4CB([B])[B])ccc21. The highest BCUT2D eigenvalue weighted by Crippen LogP contribution is 2.35. The monoisotopic (exact) mass is 402 g/mol. The van der Waals surface area contributed by atoms with E-state index in [9.17, 15) is 0 Å². The van der Waals surface area contributed by atoms with E-state index in [2.05, 4.69) is 94.1 Å². The smallest absolute Gasteiger partial charge is 0.0948 e. The standard InChI is InChI=1S/C26H18B4N2/c27-15-31-23-7-3-1-5-19(23)21-13-17(9-11-25(21)31)18-10-12-26-22(14-18)20-6-2-4-8-24(20)32(26)16-30(28)29/h1-14H,15-16H2. The Bertz CT molecular complexity index is 1630. The van der Waals surface area contributed by atoms with Crippen molar-refractivity contribution in [2.45, 2.75) is 12.9 Å². The summed E-state index contributed by atoms with van der Waals surface area (Å²) in [7, 11) is 18.0. The van der Waals surface area contributed by atoms with Crippen LogP contribution >= 0.6 is 0 Å². The topological polar surface area (TPSA) is 9.86 Å². The Kier molecular flexibility index (Phi) is 4.50. The number of nitrogens with zero attached hydrogens (tertiary/aromatic N) is 2. The first-order chi connectivity index (χ1) is 15.7. The minimum absolute atomic E-state index is 0.407. The van der Waals surface area contributed by atoms with E-state index in [1.807, 2.05) is 0 Å².